The molecule has 5 nitrogen and oxygen atoms in total. The molecule has 0 bridgehead atoms. The maximum Gasteiger partial charge on any atom is 0.241 e. The largest absolute Gasteiger partial charge is 0.506 e. The molecule has 0 saturated carbocycles. The lowest BCUT2D eigenvalue weighted by Crippen LogP contribution is -2.35. The SMILES string of the molecule is Cc1ccc(O)c(NC(=O)C2CC(O)CN2)c1. The minimum absolute atomic E-state index is 0.0440. The van der Waals surface area contributed by atoms with Gasteiger partial charge in [-0.3, -0.25) is 4.79 Å². The number of anilines is 1. The number of benzene rings is 1. The predicted molar refractivity (Wildman–Crippen MR) is 63.9 cm³/mol. The number of phenols is 1. The number of aliphatic hydroxyl groups excluding tert-OH is 1. The third-order valence-electron chi connectivity index (χ3n) is 2.83. The van der Waals surface area contributed by atoms with Crippen molar-refractivity contribution in [3.63, 3.8) is 0 Å². The van der Waals surface area contributed by atoms with Crippen molar-refractivity contribution in [1.82, 2.24) is 5.32 Å². The van der Waals surface area contributed by atoms with Crippen molar-refractivity contribution in [2.45, 2.75) is 25.5 Å². The first-order valence-corrected chi connectivity index (χ1v) is 5.58. The minimum Gasteiger partial charge on any atom is -0.506 e. The van der Waals surface area contributed by atoms with E-state index in [-0.39, 0.29) is 11.7 Å². The average molecular weight is 236 g/mol. The van der Waals surface area contributed by atoms with Crippen LogP contribution >= 0.6 is 0 Å². The molecule has 17 heavy (non-hydrogen) atoms. The van der Waals surface area contributed by atoms with Gasteiger partial charge in [0.1, 0.15) is 5.75 Å². The molecular weight excluding hydrogens is 220 g/mol. The lowest BCUT2D eigenvalue weighted by atomic mass is 10.1. The van der Waals surface area contributed by atoms with Gasteiger partial charge >= 0.3 is 0 Å². The molecule has 0 aliphatic carbocycles. The van der Waals surface area contributed by atoms with Crippen LogP contribution in [0.1, 0.15) is 12.0 Å². The van der Waals surface area contributed by atoms with Crippen molar-refractivity contribution in [1.29, 1.82) is 0 Å². The first-order valence-electron chi connectivity index (χ1n) is 5.58. The molecule has 0 aromatic heterocycles. The van der Waals surface area contributed by atoms with Crippen LogP contribution in [-0.2, 0) is 4.79 Å². The third-order valence-corrected chi connectivity index (χ3v) is 2.83. The zero-order valence-electron chi connectivity index (χ0n) is 9.60. The molecular formula is C12H16N2O3. The molecule has 0 spiro atoms. The Bertz CT molecular complexity index is 434. The van der Waals surface area contributed by atoms with Gasteiger partial charge in [0, 0.05) is 6.54 Å². The molecule has 1 amide bonds. The number of hydrogen-bond donors (Lipinski definition) is 4. The highest BCUT2D eigenvalue weighted by atomic mass is 16.3. The number of β-amino-alcohol motifs (C(OH)–C–C–N with tert-alkyl or cyclic N) is 1. The van der Waals surface area contributed by atoms with Gasteiger partial charge in [-0.25, -0.2) is 0 Å². The molecule has 2 unspecified atom stereocenters. The summed E-state index contributed by atoms with van der Waals surface area (Å²) in [5.74, 6) is -0.190. The number of nitrogens with one attached hydrogen (secondary N) is 2. The minimum atomic E-state index is -0.475. The zero-order chi connectivity index (χ0) is 12.4. The van der Waals surface area contributed by atoms with Crippen molar-refractivity contribution in [3.05, 3.63) is 23.8 Å². The molecule has 2 atom stereocenters. The van der Waals surface area contributed by atoms with Crippen molar-refractivity contribution in [2.75, 3.05) is 11.9 Å². The molecule has 5 heteroatoms. The number of aryl methyl sites for hydroxylation is 1. The normalized spacial score (nSPS) is 23.6. The van der Waals surface area contributed by atoms with Gasteiger partial charge in [-0.2, -0.15) is 0 Å². The summed E-state index contributed by atoms with van der Waals surface area (Å²) < 4.78 is 0. The van der Waals surface area contributed by atoms with Crippen LogP contribution in [0.25, 0.3) is 0 Å². The Hall–Kier alpha value is -1.59. The smallest absolute Gasteiger partial charge is 0.241 e. The lowest BCUT2D eigenvalue weighted by Gasteiger charge is -2.12. The van der Waals surface area contributed by atoms with E-state index < -0.39 is 12.1 Å². The summed E-state index contributed by atoms with van der Waals surface area (Å²) in [6, 6.07) is 4.62. The Kier molecular flexibility index (Phi) is 3.31. The molecule has 4 N–H and O–H groups in total. The Morgan fingerprint density at radius 2 is 2.29 bits per heavy atom. The zero-order valence-corrected chi connectivity index (χ0v) is 9.60. The number of hydrogen-bond acceptors (Lipinski definition) is 4. The van der Waals surface area contributed by atoms with Crippen LogP contribution < -0.4 is 10.6 Å². The molecule has 1 aliphatic heterocycles. The van der Waals surface area contributed by atoms with Gasteiger partial charge in [0.2, 0.25) is 5.91 Å². The standard InChI is InChI=1S/C12H16N2O3/c1-7-2-3-11(16)9(4-7)14-12(17)10-5-8(15)6-13-10/h2-4,8,10,13,15-16H,5-6H2,1H3,(H,14,17). The predicted octanol–water partition coefficient (Wildman–Crippen LogP) is 0.362. The van der Waals surface area contributed by atoms with Crippen molar-refractivity contribution < 1.29 is 15.0 Å². The molecule has 92 valence electrons. The van der Waals surface area contributed by atoms with Gasteiger partial charge in [-0.05, 0) is 31.0 Å². The van der Waals surface area contributed by atoms with E-state index in [0.717, 1.165) is 5.56 Å². The molecule has 1 aliphatic rings. The second-order valence-electron chi connectivity index (χ2n) is 4.36. The van der Waals surface area contributed by atoms with E-state index in [2.05, 4.69) is 10.6 Å². The third kappa shape index (κ3) is 2.75. The van der Waals surface area contributed by atoms with E-state index in [4.69, 9.17) is 0 Å². The Labute approximate surface area is 99.5 Å². The highest BCUT2D eigenvalue weighted by Crippen LogP contribution is 2.24. The number of amides is 1. The number of rotatable bonds is 2. The number of carbonyl (C=O) groups excluding carboxylic acids is 1. The van der Waals surface area contributed by atoms with E-state index in [1.165, 1.54) is 0 Å². The number of carbonyl (C=O) groups is 1. The molecule has 1 aromatic carbocycles. The quantitative estimate of drug-likeness (QED) is 0.559. The van der Waals surface area contributed by atoms with Crippen LogP contribution in [0, 0.1) is 6.92 Å². The number of aliphatic hydroxyl groups is 1. The van der Waals surface area contributed by atoms with Crippen LogP contribution in [0.2, 0.25) is 0 Å². The van der Waals surface area contributed by atoms with Crippen molar-refractivity contribution >= 4 is 11.6 Å². The monoisotopic (exact) mass is 236 g/mol. The summed E-state index contributed by atoms with van der Waals surface area (Å²) in [5.41, 5.74) is 1.36. The van der Waals surface area contributed by atoms with Crippen LogP contribution in [0.15, 0.2) is 18.2 Å². The lowest BCUT2D eigenvalue weighted by molar-refractivity contribution is -0.117. The molecule has 1 aromatic rings. The van der Waals surface area contributed by atoms with Crippen molar-refractivity contribution in [3.8, 4) is 5.75 Å². The molecule has 0 radical (unpaired) electrons. The van der Waals surface area contributed by atoms with E-state index >= 15 is 0 Å². The van der Waals surface area contributed by atoms with Gasteiger partial charge in [0.05, 0.1) is 17.8 Å². The summed E-state index contributed by atoms with van der Waals surface area (Å²) in [7, 11) is 0. The van der Waals surface area contributed by atoms with Gasteiger partial charge in [-0.15, -0.1) is 0 Å². The van der Waals surface area contributed by atoms with E-state index in [9.17, 15) is 15.0 Å². The number of phenolic OH excluding ortho intramolecular Hbond substituents is 1. The Balaban J connectivity index is 2.05. The fourth-order valence-electron chi connectivity index (χ4n) is 1.89. The first-order chi connectivity index (χ1) is 8.06. The van der Waals surface area contributed by atoms with Gasteiger partial charge in [0.25, 0.3) is 0 Å². The summed E-state index contributed by atoms with van der Waals surface area (Å²) in [6.45, 7) is 2.31. The highest BCUT2D eigenvalue weighted by molar-refractivity contribution is 5.96. The Morgan fingerprint density at radius 3 is 2.94 bits per heavy atom. The van der Waals surface area contributed by atoms with E-state index in [0.29, 0.717) is 18.7 Å². The maximum atomic E-state index is 11.8. The topological polar surface area (TPSA) is 81.6 Å². The van der Waals surface area contributed by atoms with Gasteiger partial charge in [-0.1, -0.05) is 6.07 Å². The van der Waals surface area contributed by atoms with Crippen LogP contribution in [0.3, 0.4) is 0 Å². The van der Waals surface area contributed by atoms with E-state index in [1.54, 1.807) is 18.2 Å². The molecule has 2 rings (SSSR count). The summed E-state index contributed by atoms with van der Waals surface area (Å²) in [5, 5.41) is 24.5. The Morgan fingerprint density at radius 1 is 1.53 bits per heavy atom. The van der Waals surface area contributed by atoms with Gasteiger partial charge in [0.15, 0.2) is 0 Å². The van der Waals surface area contributed by atoms with E-state index in [1.807, 2.05) is 6.92 Å². The van der Waals surface area contributed by atoms with Gasteiger partial charge < -0.3 is 20.8 Å². The maximum absolute atomic E-state index is 11.8. The summed E-state index contributed by atoms with van der Waals surface area (Å²) in [4.78, 5) is 11.8. The van der Waals surface area contributed by atoms with Crippen LogP contribution in [0.4, 0.5) is 5.69 Å². The summed E-state index contributed by atoms with van der Waals surface area (Å²) in [6.07, 6.45) is -0.0739. The van der Waals surface area contributed by atoms with Crippen LogP contribution in [-0.4, -0.2) is 34.8 Å². The fraction of sp³-hybridized carbons (Fsp3) is 0.417. The fourth-order valence-corrected chi connectivity index (χ4v) is 1.89. The van der Waals surface area contributed by atoms with Crippen molar-refractivity contribution in [2.24, 2.45) is 0 Å². The average Bonchev–Trinajstić information content (AvgIpc) is 2.70. The second-order valence-corrected chi connectivity index (χ2v) is 4.36. The molecule has 1 fully saturated rings. The second kappa shape index (κ2) is 4.73. The van der Waals surface area contributed by atoms with Crippen LogP contribution in [0.5, 0.6) is 5.75 Å². The number of aromatic hydroxyl groups is 1. The first kappa shape index (κ1) is 11.9. The molecule has 1 heterocycles. The molecule has 1 saturated heterocycles. The highest BCUT2D eigenvalue weighted by Gasteiger charge is 2.28. The summed E-state index contributed by atoms with van der Waals surface area (Å²) >= 11 is 0.